The van der Waals surface area contributed by atoms with Crippen molar-refractivity contribution >= 4 is 5.91 Å². The van der Waals surface area contributed by atoms with Crippen LogP contribution in [0.5, 0.6) is 0 Å². The Balaban J connectivity index is 2.42. The second-order valence-corrected chi connectivity index (χ2v) is 4.14. The summed E-state index contributed by atoms with van der Waals surface area (Å²) in [6.45, 7) is 3.89. The van der Waals surface area contributed by atoms with Crippen molar-refractivity contribution in [3.8, 4) is 6.07 Å². The van der Waals surface area contributed by atoms with Crippen LogP contribution in [-0.4, -0.2) is 29.9 Å². The van der Waals surface area contributed by atoms with Gasteiger partial charge in [-0.15, -0.1) is 0 Å². The van der Waals surface area contributed by atoms with Gasteiger partial charge in [-0.05, 0) is 32.4 Å². The lowest BCUT2D eigenvalue weighted by molar-refractivity contribution is -0.123. The molecule has 0 aromatic carbocycles. The zero-order chi connectivity index (χ0) is 11.3. The first-order valence-electron chi connectivity index (χ1n) is 5.59. The van der Waals surface area contributed by atoms with Gasteiger partial charge in [0.1, 0.15) is 0 Å². The highest BCUT2D eigenvalue weighted by Gasteiger charge is 2.26. The molecule has 2 N–H and O–H groups in total. The number of nitrogens with zero attached hydrogens (tertiary/aromatic N) is 2. The molecule has 0 aliphatic carbocycles. The minimum atomic E-state index is -0.178. The van der Waals surface area contributed by atoms with Crippen LogP contribution in [-0.2, 0) is 4.79 Å². The lowest BCUT2D eigenvalue weighted by atomic mass is 9.94. The fourth-order valence-electron chi connectivity index (χ4n) is 2.19. The van der Waals surface area contributed by atoms with E-state index in [1.54, 1.807) is 0 Å². The van der Waals surface area contributed by atoms with E-state index in [9.17, 15) is 4.79 Å². The quantitative estimate of drug-likeness (QED) is 0.747. The van der Waals surface area contributed by atoms with Gasteiger partial charge in [0.05, 0.1) is 12.5 Å². The van der Waals surface area contributed by atoms with Gasteiger partial charge < -0.3 is 5.73 Å². The van der Waals surface area contributed by atoms with Crippen LogP contribution in [0.3, 0.4) is 0 Å². The summed E-state index contributed by atoms with van der Waals surface area (Å²) in [5.74, 6) is -0.135. The van der Waals surface area contributed by atoms with Crippen molar-refractivity contribution in [3.63, 3.8) is 0 Å². The first kappa shape index (κ1) is 12.0. The summed E-state index contributed by atoms with van der Waals surface area (Å²) in [5.41, 5.74) is 5.27. The van der Waals surface area contributed by atoms with Gasteiger partial charge in [-0.25, -0.2) is 0 Å². The molecule has 1 rings (SSSR count). The Labute approximate surface area is 91.0 Å². The van der Waals surface area contributed by atoms with E-state index in [-0.39, 0.29) is 11.8 Å². The SMILES string of the molecule is CCC(CC#N)N1CCC(C(N)=O)CC1. The van der Waals surface area contributed by atoms with Gasteiger partial charge in [0.25, 0.3) is 0 Å². The minimum Gasteiger partial charge on any atom is -0.369 e. The minimum absolute atomic E-state index is 0.0424. The zero-order valence-corrected chi connectivity index (χ0v) is 9.28. The maximum Gasteiger partial charge on any atom is 0.220 e. The van der Waals surface area contributed by atoms with Gasteiger partial charge in [-0.3, -0.25) is 9.69 Å². The first-order chi connectivity index (χ1) is 7.19. The lowest BCUT2D eigenvalue weighted by Gasteiger charge is -2.35. The van der Waals surface area contributed by atoms with Gasteiger partial charge in [-0.1, -0.05) is 6.92 Å². The Hall–Kier alpha value is -1.08. The van der Waals surface area contributed by atoms with E-state index in [1.165, 1.54) is 0 Å². The van der Waals surface area contributed by atoms with Gasteiger partial charge in [0.2, 0.25) is 5.91 Å². The van der Waals surface area contributed by atoms with Crippen LogP contribution >= 0.6 is 0 Å². The summed E-state index contributed by atoms with van der Waals surface area (Å²) in [6, 6.07) is 2.57. The van der Waals surface area contributed by atoms with Crippen LogP contribution in [0.15, 0.2) is 0 Å². The third-order valence-electron chi connectivity index (χ3n) is 3.25. The molecule has 0 radical (unpaired) electrons. The molecule has 1 unspecified atom stereocenters. The van der Waals surface area contributed by atoms with E-state index in [4.69, 9.17) is 11.0 Å². The van der Waals surface area contributed by atoms with Crippen LogP contribution in [0.4, 0.5) is 0 Å². The number of hydrogen-bond donors (Lipinski definition) is 1. The van der Waals surface area contributed by atoms with Crippen molar-refractivity contribution in [2.24, 2.45) is 11.7 Å². The molecule has 0 aromatic rings. The fraction of sp³-hybridized carbons (Fsp3) is 0.818. The second kappa shape index (κ2) is 5.72. The molecule has 4 nitrogen and oxygen atoms in total. The highest BCUT2D eigenvalue weighted by molar-refractivity contribution is 5.76. The molecule has 1 saturated heterocycles. The Bertz CT molecular complexity index is 251. The smallest absolute Gasteiger partial charge is 0.220 e. The fourth-order valence-corrected chi connectivity index (χ4v) is 2.19. The Morgan fingerprint density at radius 1 is 1.60 bits per heavy atom. The monoisotopic (exact) mass is 209 g/mol. The maximum absolute atomic E-state index is 11.0. The average molecular weight is 209 g/mol. The van der Waals surface area contributed by atoms with Crippen molar-refractivity contribution in [2.75, 3.05) is 13.1 Å². The molecule has 0 saturated carbocycles. The van der Waals surface area contributed by atoms with Crippen molar-refractivity contribution in [3.05, 3.63) is 0 Å². The van der Waals surface area contributed by atoms with Gasteiger partial charge in [-0.2, -0.15) is 5.26 Å². The van der Waals surface area contributed by atoms with Crippen molar-refractivity contribution in [1.29, 1.82) is 5.26 Å². The summed E-state index contributed by atoms with van der Waals surface area (Å²) >= 11 is 0. The van der Waals surface area contributed by atoms with Gasteiger partial charge in [0, 0.05) is 12.0 Å². The summed E-state index contributed by atoms with van der Waals surface area (Å²) in [6.07, 6.45) is 3.26. The number of amides is 1. The number of nitriles is 1. The Kier molecular flexibility index (Phi) is 4.57. The Morgan fingerprint density at radius 3 is 2.60 bits per heavy atom. The largest absolute Gasteiger partial charge is 0.369 e. The van der Waals surface area contributed by atoms with Crippen LogP contribution in [0, 0.1) is 17.2 Å². The summed E-state index contributed by atoms with van der Waals surface area (Å²) < 4.78 is 0. The summed E-state index contributed by atoms with van der Waals surface area (Å²) in [4.78, 5) is 13.3. The lowest BCUT2D eigenvalue weighted by Crippen LogP contribution is -2.43. The molecular weight excluding hydrogens is 190 g/mol. The number of rotatable bonds is 4. The number of hydrogen-bond acceptors (Lipinski definition) is 3. The van der Waals surface area contributed by atoms with Crippen LogP contribution in [0.25, 0.3) is 0 Å². The van der Waals surface area contributed by atoms with Gasteiger partial charge in [0.15, 0.2) is 0 Å². The predicted molar refractivity (Wildman–Crippen MR) is 57.8 cm³/mol. The predicted octanol–water partition coefficient (Wildman–Crippen LogP) is 0.876. The number of primary amides is 1. The van der Waals surface area contributed by atoms with E-state index in [2.05, 4.69) is 17.9 Å². The standard InChI is InChI=1S/C11H19N3O/c1-2-10(3-6-12)14-7-4-9(5-8-14)11(13)15/h9-10H,2-5,7-8H2,1H3,(H2,13,15). The molecule has 0 bridgehead atoms. The first-order valence-corrected chi connectivity index (χ1v) is 5.59. The van der Waals surface area contributed by atoms with E-state index in [0.717, 1.165) is 32.4 Å². The Morgan fingerprint density at radius 2 is 2.20 bits per heavy atom. The summed E-state index contributed by atoms with van der Waals surface area (Å²) in [5, 5.41) is 8.69. The van der Waals surface area contributed by atoms with Crippen molar-refractivity contribution in [1.82, 2.24) is 4.90 Å². The highest BCUT2D eigenvalue weighted by Crippen LogP contribution is 2.20. The molecule has 0 spiro atoms. The van der Waals surface area contributed by atoms with Crippen LogP contribution in [0.1, 0.15) is 32.6 Å². The number of carbonyl (C=O) groups is 1. The van der Waals surface area contributed by atoms with Crippen molar-refractivity contribution in [2.45, 2.75) is 38.6 Å². The van der Waals surface area contributed by atoms with Crippen LogP contribution < -0.4 is 5.73 Å². The third kappa shape index (κ3) is 3.21. The third-order valence-corrected chi connectivity index (χ3v) is 3.25. The summed E-state index contributed by atoms with van der Waals surface area (Å²) in [7, 11) is 0. The maximum atomic E-state index is 11.0. The molecule has 84 valence electrons. The van der Waals surface area contributed by atoms with Gasteiger partial charge >= 0.3 is 0 Å². The van der Waals surface area contributed by atoms with Crippen LogP contribution in [0.2, 0.25) is 0 Å². The van der Waals surface area contributed by atoms with E-state index < -0.39 is 0 Å². The molecule has 15 heavy (non-hydrogen) atoms. The van der Waals surface area contributed by atoms with E-state index >= 15 is 0 Å². The zero-order valence-electron chi connectivity index (χ0n) is 9.28. The molecule has 1 fully saturated rings. The number of likely N-dealkylation sites (tertiary alicyclic amines) is 1. The number of piperidine rings is 1. The average Bonchev–Trinajstić information content (AvgIpc) is 2.26. The normalized spacial score (nSPS) is 20.8. The van der Waals surface area contributed by atoms with E-state index in [1.807, 2.05) is 0 Å². The molecule has 1 heterocycles. The molecule has 0 aromatic heterocycles. The highest BCUT2D eigenvalue weighted by atomic mass is 16.1. The topological polar surface area (TPSA) is 70.1 Å². The molecule has 1 amide bonds. The number of carbonyl (C=O) groups excluding carboxylic acids is 1. The molecule has 1 atom stereocenters. The molecule has 1 aliphatic heterocycles. The molecule has 1 aliphatic rings. The van der Waals surface area contributed by atoms with Crippen molar-refractivity contribution < 1.29 is 4.79 Å². The number of nitrogens with two attached hydrogens (primary N) is 1. The molecular formula is C11H19N3O. The second-order valence-electron chi connectivity index (χ2n) is 4.14. The van der Waals surface area contributed by atoms with E-state index in [0.29, 0.717) is 12.5 Å². The molecule has 4 heteroatoms.